The minimum atomic E-state index is -0.621. The fraction of sp³-hybridized carbons (Fsp3) is 0.909. The molecule has 0 spiro atoms. The van der Waals surface area contributed by atoms with Crippen molar-refractivity contribution in [1.29, 1.82) is 0 Å². The molecule has 3 nitrogen and oxygen atoms in total. The molecule has 90 valence electrons. The van der Waals surface area contributed by atoms with Crippen LogP contribution >= 0.6 is 0 Å². The van der Waals surface area contributed by atoms with Crippen molar-refractivity contribution in [1.82, 2.24) is 5.32 Å². The Balaban J connectivity index is 0.000000921. The maximum absolute atomic E-state index is 11.6. The van der Waals surface area contributed by atoms with E-state index in [0.717, 1.165) is 12.3 Å². The molecule has 0 aromatic heterocycles. The van der Waals surface area contributed by atoms with Gasteiger partial charge in [-0.1, -0.05) is 26.7 Å². The Hall–Kier alpha value is -0.800. The summed E-state index contributed by atoms with van der Waals surface area (Å²) >= 11 is 0. The number of carbonyl (C=O) groups excluding carboxylic acids is 1. The lowest BCUT2D eigenvalue weighted by atomic mass is 10.2. The average Bonchev–Trinajstić information content (AvgIpc) is 3.01. The first-order valence-electron chi connectivity index (χ1n) is 5.71. The van der Waals surface area contributed by atoms with Gasteiger partial charge in [-0.3, -0.25) is 0 Å². The molecule has 0 aliphatic heterocycles. The zero-order valence-corrected chi connectivity index (χ0v) is 9.88. The van der Waals surface area contributed by atoms with Crippen molar-refractivity contribution in [3.8, 4) is 0 Å². The summed E-state index contributed by atoms with van der Waals surface area (Å²) < 4.78 is 16.1. The van der Waals surface area contributed by atoms with E-state index in [4.69, 9.17) is 0 Å². The monoisotopic (exact) mass is 219 g/mol. The molecule has 1 saturated carbocycles. The fourth-order valence-electron chi connectivity index (χ4n) is 1.29. The van der Waals surface area contributed by atoms with Gasteiger partial charge in [-0.25, -0.2) is 9.18 Å². The number of hydrogen-bond donors (Lipinski definition) is 1. The Kier molecular flexibility index (Phi) is 8.05. The minimum absolute atomic E-state index is 0.139. The highest BCUT2D eigenvalue weighted by atomic mass is 19.1. The molecule has 15 heavy (non-hydrogen) atoms. The van der Waals surface area contributed by atoms with Crippen molar-refractivity contribution in [3.63, 3.8) is 0 Å². The molecular formula is C11H22FNO2. The first-order chi connectivity index (χ1) is 7.22. The normalized spacial score (nSPS) is 16.0. The quantitative estimate of drug-likeness (QED) is 0.772. The zero-order valence-electron chi connectivity index (χ0n) is 9.88. The number of alkyl carbamates (subject to hydrolysis) is 1. The lowest BCUT2D eigenvalue weighted by Gasteiger charge is -2.12. The highest BCUT2D eigenvalue weighted by Gasteiger charge is 2.24. The van der Waals surface area contributed by atoms with Crippen LogP contribution in [0.5, 0.6) is 0 Å². The zero-order chi connectivity index (χ0) is 11.7. The third-order valence-corrected chi connectivity index (χ3v) is 2.06. The number of nitrogens with one attached hydrogen (secondary N) is 1. The summed E-state index contributed by atoms with van der Waals surface area (Å²) in [5.41, 5.74) is 0. The van der Waals surface area contributed by atoms with Gasteiger partial charge in [-0.2, -0.15) is 0 Å². The SMILES string of the molecule is CC.CC(CC1CC1)NC(=O)OCCF. The van der Waals surface area contributed by atoms with Gasteiger partial charge in [0.15, 0.2) is 0 Å². The molecule has 0 saturated heterocycles. The standard InChI is InChI=1S/C9H16FNO2.C2H6/c1-7(6-8-2-3-8)11-9(12)13-5-4-10;1-2/h7-8H,2-6H2,1H3,(H,11,12);1-2H3. The first kappa shape index (κ1) is 14.2. The smallest absolute Gasteiger partial charge is 0.407 e. The number of carbonyl (C=O) groups is 1. The van der Waals surface area contributed by atoms with E-state index in [2.05, 4.69) is 10.1 Å². The molecule has 0 radical (unpaired) electrons. The topological polar surface area (TPSA) is 38.3 Å². The van der Waals surface area contributed by atoms with E-state index in [9.17, 15) is 9.18 Å². The van der Waals surface area contributed by atoms with Crippen LogP contribution in [0.1, 0.15) is 40.0 Å². The summed E-state index contributed by atoms with van der Waals surface area (Å²) in [5, 5.41) is 2.66. The summed E-state index contributed by atoms with van der Waals surface area (Å²) in [5.74, 6) is 0.775. The predicted octanol–water partition coefficient (Wildman–Crippen LogP) is 2.90. The van der Waals surface area contributed by atoms with Crippen LogP contribution in [0.25, 0.3) is 0 Å². The number of rotatable bonds is 5. The van der Waals surface area contributed by atoms with E-state index in [-0.39, 0.29) is 12.6 Å². The Morgan fingerprint density at radius 1 is 1.53 bits per heavy atom. The summed E-state index contributed by atoms with van der Waals surface area (Å²) in [7, 11) is 0. The molecule has 1 atom stereocenters. The first-order valence-corrected chi connectivity index (χ1v) is 5.71. The highest BCUT2D eigenvalue weighted by molar-refractivity contribution is 5.67. The van der Waals surface area contributed by atoms with Crippen molar-refractivity contribution in [2.45, 2.75) is 46.1 Å². The van der Waals surface area contributed by atoms with Gasteiger partial charge < -0.3 is 10.1 Å². The molecule has 1 unspecified atom stereocenters. The van der Waals surface area contributed by atoms with Crippen molar-refractivity contribution >= 4 is 6.09 Å². The Labute approximate surface area is 91.4 Å². The molecule has 1 amide bonds. The van der Waals surface area contributed by atoms with E-state index in [1.54, 1.807) is 0 Å². The van der Waals surface area contributed by atoms with E-state index in [1.807, 2.05) is 20.8 Å². The summed E-state index contributed by atoms with van der Waals surface area (Å²) in [6.45, 7) is 5.17. The lowest BCUT2D eigenvalue weighted by molar-refractivity contribution is 0.134. The van der Waals surface area contributed by atoms with Gasteiger partial charge in [0.1, 0.15) is 13.3 Å². The van der Waals surface area contributed by atoms with Gasteiger partial charge in [-0.15, -0.1) is 0 Å². The van der Waals surface area contributed by atoms with E-state index < -0.39 is 12.8 Å². The summed E-state index contributed by atoms with van der Waals surface area (Å²) in [6.07, 6.45) is 3.03. The van der Waals surface area contributed by atoms with Gasteiger partial charge >= 0.3 is 6.09 Å². The molecule has 0 heterocycles. The third-order valence-electron chi connectivity index (χ3n) is 2.06. The van der Waals surface area contributed by atoms with Crippen LogP contribution in [-0.2, 0) is 4.74 Å². The highest BCUT2D eigenvalue weighted by Crippen LogP contribution is 2.33. The second-order valence-electron chi connectivity index (χ2n) is 3.55. The predicted molar refractivity (Wildman–Crippen MR) is 58.6 cm³/mol. The lowest BCUT2D eigenvalue weighted by Crippen LogP contribution is -2.33. The minimum Gasteiger partial charge on any atom is -0.447 e. The van der Waals surface area contributed by atoms with Gasteiger partial charge in [-0.05, 0) is 19.3 Å². The molecule has 1 aliphatic rings. The second-order valence-corrected chi connectivity index (χ2v) is 3.55. The van der Waals surface area contributed by atoms with Crippen LogP contribution in [0.15, 0.2) is 0 Å². The van der Waals surface area contributed by atoms with Crippen molar-refractivity contribution in [2.24, 2.45) is 5.92 Å². The summed E-state index contributed by atoms with van der Waals surface area (Å²) in [6, 6.07) is 0.139. The number of ether oxygens (including phenoxy) is 1. The number of amides is 1. The second kappa shape index (κ2) is 8.50. The average molecular weight is 219 g/mol. The molecular weight excluding hydrogens is 197 g/mol. The largest absolute Gasteiger partial charge is 0.447 e. The van der Waals surface area contributed by atoms with Crippen molar-refractivity contribution in [2.75, 3.05) is 13.3 Å². The van der Waals surface area contributed by atoms with Crippen molar-refractivity contribution < 1.29 is 13.9 Å². The fourth-order valence-corrected chi connectivity index (χ4v) is 1.29. The van der Waals surface area contributed by atoms with Gasteiger partial charge in [0.05, 0.1) is 0 Å². The van der Waals surface area contributed by atoms with Crippen molar-refractivity contribution in [3.05, 3.63) is 0 Å². The molecule has 0 bridgehead atoms. The Morgan fingerprint density at radius 3 is 2.60 bits per heavy atom. The van der Waals surface area contributed by atoms with Crippen LogP contribution in [0, 0.1) is 5.92 Å². The molecule has 1 fully saturated rings. The third kappa shape index (κ3) is 8.21. The van der Waals surface area contributed by atoms with E-state index >= 15 is 0 Å². The van der Waals surface area contributed by atoms with Crippen LogP contribution in [0.4, 0.5) is 9.18 Å². The molecule has 0 aromatic rings. The number of alkyl halides is 1. The molecule has 4 heteroatoms. The van der Waals surface area contributed by atoms with Crippen LogP contribution in [-0.4, -0.2) is 25.4 Å². The number of hydrogen-bond acceptors (Lipinski definition) is 2. The molecule has 1 N–H and O–H groups in total. The van der Waals surface area contributed by atoms with Crippen LogP contribution in [0.3, 0.4) is 0 Å². The molecule has 1 rings (SSSR count). The molecule has 0 aromatic carbocycles. The van der Waals surface area contributed by atoms with Gasteiger partial charge in [0, 0.05) is 6.04 Å². The molecule has 1 aliphatic carbocycles. The summed E-state index contributed by atoms with van der Waals surface area (Å²) in [4.78, 5) is 10.9. The van der Waals surface area contributed by atoms with Crippen LogP contribution in [0.2, 0.25) is 0 Å². The van der Waals surface area contributed by atoms with Crippen LogP contribution < -0.4 is 5.32 Å². The van der Waals surface area contributed by atoms with E-state index in [0.29, 0.717) is 0 Å². The Bertz CT molecular complexity index is 172. The van der Waals surface area contributed by atoms with Gasteiger partial charge in [0.2, 0.25) is 0 Å². The number of halogens is 1. The van der Waals surface area contributed by atoms with Gasteiger partial charge in [0.25, 0.3) is 0 Å². The Morgan fingerprint density at radius 2 is 2.13 bits per heavy atom. The van der Waals surface area contributed by atoms with E-state index in [1.165, 1.54) is 12.8 Å². The maximum Gasteiger partial charge on any atom is 0.407 e. The maximum atomic E-state index is 11.6.